The monoisotopic (exact) mass is 329 g/mol. The van der Waals surface area contributed by atoms with Gasteiger partial charge in [0, 0.05) is 13.6 Å². The lowest BCUT2D eigenvalue weighted by Crippen LogP contribution is -2.50. The van der Waals surface area contributed by atoms with Crippen LogP contribution in [-0.4, -0.2) is 35.6 Å². The number of aliphatic hydroxyl groups is 1. The van der Waals surface area contributed by atoms with Gasteiger partial charge in [0.1, 0.15) is 0 Å². The topological polar surface area (TPSA) is 40.5 Å². The number of carbonyl (C=O) groups is 1. The molecule has 3 nitrogen and oxygen atoms in total. The molecule has 128 valence electrons. The Morgan fingerprint density at radius 1 is 1.39 bits per heavy atom. The van der Waals surface area contributed by atoms with E-state index in [0.717, 1.165) is 18.6 Å². The van der Waals surface area contributed by atoms with Gasteiger partial charge in [0.2, 0.25) is 5.91 Å². The minimum atomic E-state index is -4.41. The molecule has 0 radical (unpaired) electrons. The van der Waals surface area contributed by atoms with Crippen LogP contribution in [0.1, 0.15) is 43.7 Å². The number of aliphatic hydroxyl groups excluding tert-OH is 1. The summed E-state index contributed by atoms with van der Waals surface area (Å²) in [6.45, 7) is 2.03. The highest BCUT2D eigenvalue weighted by molar-refractivity contribution is 5.89. The van der Waals surface area contributed by atoms with Gasteiger partial charge in [0.15, 0.2) is 0 Å². The van der Waals surface area contributed by atoms with Gasteiger partial charge >= 0.3 is 6.18 Å². The molecule has 1 saturated carbocycles. The number of hydrogen-bond acceptors (Lipinski definition) is 2. The van der Waals surface area contributed by atoms with Gasteiger partial charge in [0.05, 0.1) is 17.1 Å². The summed E-state index contributed by atoms with van der Waals surface area (Å²) in [6, 6.07) is 5.09. The van der Waals surface area contributed by atoms with Crippen LogP contribution in [0.25, 0.3) is 0 Å². The molecule has 2 rings (SSSR count). The van der Waals surface area contributed by atoms with Crippen molar-refractivity contribution in [3.63, 3.8) is 0 Å². The van der Waals surface area contributed by atoms with Crippen molar-refractivity contribution < 1.29 is 23.1 Å². The lowest BCUT2D eigenvalue weighted by molar-refractivity contribution is -0.141. The Bertz CT molecular complexity index is 565. The van der Waals surface area contributed by atoms with Gasteiger partial charge < -0.3 is 10.0 Å². The highest BCUT2D eigenvalue weighted by Gasteiger charge is 2.47. The van der Waals surface area contributed by atoms with Gasteiger partial charge in [-0.15, -0.1) is 0 Å². The zero-order valence-corrected chi connectivity index (χ0v) is 13.4. The van der Waals surface area contributed by atoms with E-state index < -0.39 is 23.3 Å². The predicted molar refractivity (Wildman–Crippen MR) is 80.9 cm³/mol. The number of alkyl halides is 3. The average molecular weight is 329 g/mol. The Morgan fingerprint density at radius 2 is 2.04 bits per heavy atom. The van der Waals surface area contributed by atoms with Crippen molar-refractivity contribution in [3.05, 3.63) is 35.4 Å². The second-order valence-corrected chi connectivity index (χ2v) is 6.38. The first-order chi connectivity index (χ1) is 10.7. The average Bonchev–Trinajstić information content (AvgIpc) is 2.43. The van der Waals surface area contributed by atoms with E-state index in [1.165, 1.54) is 11.0 Å². The largest absolute Gasteiger partial charge is 0.416 e. The third kappa shape index (κ3) is 3.68. The summed E-state index contributed by atoms with van der Waals surface area (Å²) in [6.07, 6.45) is -2.54. The zero-order valence-electron chi connectivity index (χ0n) is 13.4. The molecule has 0 aliphatic heterocycles. The third-order valence-electron chi connectivity index (χ3n) is 4.59. The lowest BCUT2D eigenvalue weighted by atomic mass is 9.63. The summed E-state index contributed by atoms with van der Waals surface area (Å²) in [5.74, 6) is -0.163. The number of halogens is 3. The number of amides is 1. The molecule has 0 bridgehead atoms. The van der Waals surface area contributed by atoms with E-state index in [1.807, 2.05) is 0 Å². The van der Waals surface area contributed by atoms with Crippen molar-refractivity contribution in [2.75, 3.05) is 13.6 Å². The quantitative estimate of drug-likeness (QED) is 0.900. The standard InChI is InChI=1S/C17H22F3NO2/c1-12(22)7-10-21(2)15(23)16(8-4-9-16)13-5-3-6-14(11-13)17(18,19)20/h3,5-6,11-12,22H,4,7-10H2,1-2H3. The molecule has 1 aliphatic rings. The van der Waals surface area contributed by atoms with Gasteiger partial charge in [-0.1, -0.05) is 24.6 Å². The number of hydrogen-bond donors (Lipinski definition) is 1. The van der Waals surface area contributed by atoms with Crippen LogP contribution in [0.15, 0.2) is 24.3 Å². The molecule has 0 heterocycles. The van der Waals surface area contributed by atoms with Crippen molar-refractivity contribution >= 4 is 5.91 Å². The highest BCUT2D eigenvalue weighted by Crippen LogP contribution is 2.46. The van der Waals surface area contributed by atoms with Crippen LogP contribution in [0, 0.1) is 0 Å². The Morgan fingerprint density at radius 3 is 2.52 bits per heavy atom. The van der Waals surface area contributed by atoms with Crippen LogP contribution < -0.4 is 0 Å². The molecule has 1 amide bonds. The summed E-state index contributed by atoms with van der Waals surface area (Å²) < 4.78 is 38.8. The zero-order chi connectivity index (χ0) is 17.3. The molecule has 1 aromatic carbocycles. The lowest BCUT2D eigenvalue weighted by Gasteiger charge is -2.43. The molecule has 1 aromatic rings. The van der Waals surface area contributed by atoms with E-state index in [2.05, 4.69) is 0 Å². The van der Waals surface area contributed by atoms with Crippen molar-refractivity contribution in [2.45, 2.75) is 50.3 Å². The van der Waals surface area contributed by atoms with Crippen molar-refractivity contribution in [2.24, 2.45) is 0 Å². The molecule has 1 N–H and O–H groups in total. The van der Waals surface area contributed by atoms with Crippen LogP contribution in [0.2, 0.25) is 0 Å². The van der Waals surface area contributed by atoms with Crippen LogP contribution in [0.5, 0.6) is 0 Å². The smallest absolute Gasteiger partial charge is 0.393 e. The van der Waals surface area contributed by atoms with Gasteiger partial charge in [-0.25, -0.2) is 0 Å². The Labute approximate surface area is 134 Å². The van der Waals surface area contributed by atoms with Gasteiger partial charge in [-0.2, -0.15) is 13.2 Å². The van der Waals surface area contributed by atoms with E-state index in [4.69, 9.17) is 0 Å². The van der Waals surface area contributed by atoms with Crippen molar-refractivity contribution in [1.82, 2.24) is 4.90 Å². The minimum absolute atomic E-state index is 0.163. The van der Waals surface area contributed by atoms with Gasteiger partial charge in [0.25, 0.3) is 0 Å². The molecule has 0 saturated heterocycles. The fourth-order valence-corrected chi connectivity index (χ4v) is 3.00. The minimum Gasteiger partial charge on any atom is -0.393 e. The first-order valence-electron chi connectivity index (χ1n) is 7.78. The third-order valence-corrected chi connectivity index (χ3v) is 4.59. The second-order valence-electron chi connectivity index (χ2n) is 6.38. The maximum absolute atomic E-state index is 12.9. The Hall–Kier alpha value is -1.56. The van der Waals surface area contributed by atoms with E-state index in [1.54, 1.807) is 20.0 Å². The second kappa shape index (κ2) is 6.51. The van der Waals surface area contributed by atoms with Crippen molar-refractivity contribution in [3.8, 4) is 0 Å². The van der Waals surface area contributed by atoms with Gasteiger partial charge in [-0.3, -0.25) is 4.79 Å². The summed E-state index contributed by atoms with van der Waals surface area (Å²) in [5, 5.41) is 9.34. The van der Waals surface area contributed by atoms with E-state index in [0.29, 0.717) is 31.4 Å². The van der Waals surface area contributed by atoms with Gasteiger partial charge in [-0.05, 0) is 37.8 Å². The number of carbonyl (C=O) groups excluding carboxylic acids is 1. The van der Waals surface area contributed by atoms with Crippen LogP contribution >= 0.6 is 0 Å². The molecule has 1 fully saturated rings. The Balaban J connectivity index is 2.25. The fourth-order valence-electron chi connectivity index (χ4n) is 3.00. The maximum atomic E-state index is 12.9. The van der Waals surface area contributed by atoms with E-state index >= 15 is 0 Å². The van der Waals surface area contributed by atoms with E-state index in [-0.39, 0.29) is 5.91 Å². The normalized spacial score (nSPS) is 18.2. The molecular formula is C17H22F3NO2. The van der Waals surface area contributed by atoms with E-state index in [9.17, 15) is 23.1 Å². The highest BCUT2D eigenvalue weighted by atomic mass is 19.4. The fraction of sp³-hybridized carbons (Fsp3) is 0.588. The predicted octanol–water partition coefficient (Wildman–Crippen LogP) is 3.36. The molecule has 0 aromatic heterocycles. The number of benzene rings is 1. The number of likely N-dealkylation sites (N-methyl/N-ethyl adjacent to an activating group) is 1. The Kier molecular flexibility index (Phi) is 5.04. The van der Waals surface area contributed by atoms with Crippen LogP contribution in [0.4, 0.5) is 13.2 Å². The summed E-state index contributed by atoms with van der Waals surface area (Å²) >= 11 is 0. The first kappa shape index (κ1) is 17.8. The molecule has 1 unspecified atom stereocenters. The summed E-state index contributed by atoms with van der Waals surface area (Å²) in [5.41, 5.74) is -1.14. The molecule has 1 atom stereocenters. The molecule has 1 aliphatic carbocycles. The maximum Gasteiger partial charge on any atom is 0.416 e. The van der Waals surface area contributed by atoms with Crippen LogP contribution in [0.3, 0.4) is 0 Å². The SMILES string of the molecule is CC(O)CCN(C)C(=O)C1(c2cccc(C(F)(F)F)c2)CCC1. The van der Waals surface area contributed by atoms with Crippen LogP contribution in [-0.2, 0) is 16.4 Å². The number of nitrogens with zero attached hydrogens (tertiary/aromatic N) is 1. The summed E-state index contributed by atoms with van der Waals surface area (Å²) in [4.78, 5) is 14.3. The molecule has 23 heavy (non-hydrogen) atoms. The molecule has 6 heteroatoms. The molecular weight excluding hydrogens is 307 g/mol. The van der Waals surface area contributed by atoms with Crippen molar-refractivity contribution in [1.29, 1.82) is 0 Å². The molecule has 0 spiro atoms. The first-order valence-corrected chi connectivity index (χ1v) is 7.78. The number of rotatable bonds is 5. The summed E-state index contributed by atoms with van der Waals surface area (Å²) in [7, 11) is 1.64.